The highest BCUT2D eigenvalue weighted by atomic mass is 16.5. The predicted octanol–water partition coefficient (Wildman–Crippen LogP) is 5.70. The van der Waals surface area contributed by atoms with E-state index in [0.29, 0.717) is 17.1 Å². The van der Waals surface area contributed by atoms with Crippen LogP contribution in [0.3, 0.4) is 0 Å². The molecule has 6 nitrogen and oxygen atoms in total. The van der Waals surface area contributed by atoms with Crippen LogP contribution in [0.15, 0.2) is 60.7 Å². The first kappa shape index (κ1) is 22.9. The maximum atomic E-state index is 13.5. The third kappa shape index (κ3) is 3.14. The van der Waals surface area contributed by atoms with E-state index in [0.717, 1.165) is 54.2 Å². The van der Waals surface area contributed by atoms with Gasteiger partial charge >= 0.3 is 5.71 Å². The zero-order valence-corrected chi connectivity index (χ0v) is 20.8. The summed E-state index contributed by atoms with van der Waals surface area (Å²) in [5, 5.41) is 0. The molecule has 0 fully saturated rings. The molecule has 1 aliphatic carbocycles. The van der Waals surface area contributed by atoms with Crippen molar-refractivity contribution >= 4 is 22.9 Å². The maximum absolute atomic E-state index is 13.5. The van der Waals surface area contributed by atoms with Gasteiger partial charge in [-0.05, 0) is 45.4 Å². The van der Waals surface area contributed by atoms with Crippen molar-refractivity contribution in [1.29, 1.82) is 5.53 Å². The Labute approximate surface area is 206 Å². The highest BCUT2D eigenvalue weighted by Crippen LogP contribution is 2.56. The number of ketones is 1. The molecule has 0 amide bonds. The summed E-state index contributed by atoms with van der Waals surface area (Å²) >= 11 is 0. The van der Waals surface area contributed by atoms with Crippen molar-refractivity contribution in [2.24, 2.45) is 0 Å². The van der Waals surface area contributed by atoms with Crippen molar-refractivity contribution in [3.05, 3.63) is 82.9 Å². The van der Waals surface area contributed by atoms with Crippen molar-refractivity contribution in [2.75, 3.05) is 36.0 Å². The molecule has 3 aromatic rings. The first-order valence-corrected chi connectivity index (χ1v) is 12.4. The molecule has 0 radical (unpaired) electrons. The van der Waals surface area contributed by atoms with E-state index in [1.807, 2.05) is 36.4 Å². The van der Waals surface area contributed by atoms with Gasteiger partial charge in [-0.15, -0.1) is 0 Å². The second-order valence-electron chi connectivity index (χ2n) is 8.89. The molecular formula is C29H31N4O2+. The third-order valence-electron chi connectivity index (χ3n) is 7.47. The van der Waals surface area contributed by atoms with E-state index in [9.17, 15) is 4.79 Å². The van der Waals surface area contributed by atoms with Gasteiger partial charge in [0.25, 0.3) is 5.78 Å². The lowest BCUT2D eigenvalue weighted by Gasteiger charge is -2.36. The quantitative estimate of drug-likeness (QED) is 0.373. The fourth-order valence-electron chi connectivity index (χ4n) is 5.76. The molecule has 178 valence electrons. The van der Waals surface area contributed by atoms with Gasteiger partial charge in [-0.3, -0.25) is 4.79 Å². The standard InChI is InChI=1S/C29H31N4O2/c1-5-32(6-2)19-13-15-23-25(17-19)35-26-18-20(33(7-3)8-4)14-16-24(26)29(23)22-12-10-9-11-21(22)27(34)28(29)31-30/h9-18,30H,5-8H2,1-4H3/q+1. The number of carbonyl (C=O) groups excluding carboxylic acids is 1. The van der Waals surface area contributed by atoms with Gasteiger partial charge < -0.3 is 14.5 Å². The molecule has 0 atom stereocenters. The van der Waals surface area contributed by atoms with Gasteiger partial charge in [-0.1, -0.05) is 36.4 Å². The number of carbonyl (C=O) groups is 1. The summed E-state index contributed by atoms with van der Waals surface area (Å²) in [5.74, 6) is 1.20. The fourth-order valence-corrected chi connectivity index (χ4v) is 5.76. The van der Waals surface area contributed by atoms with Crippen molar-refractivity contribution in [3.63, 3.8) is 0 Å². The van der Waals surface area contributed by atoms with Crippen LogP contribution in [-0.4, -0.2) is 42.5 Å². The van der Waals surface area contributed by atoms with E-state index in [4.69, 9.17) is 10.3 Å². The minimum Gasteiger partial charge on any atom is -0.457 e. The molecule has 0 saturated carbocycles. The Morgan fingerprint density at radius 1 is 0.771 bits per heavy atom. The van der Waals surface area contributed by atoms with Crippen LogP contribution in [-0.2, 0) is 5.41 Å². The number of fused-ring (bicyclic) bond motifs is 6. The molecule has 1 spiro atoms. The van der Waals surface area contributed by atoms with E-state index in [1.54, 1.807) is 0 Å². The van der Waals surface area contributed by atoms with E-state index in [2.05, 4.69) is 66.6 Å². The SMILES string of the molecule is CCN(CC)c1ccc2c(c1)Oc1cc(N(CC)CC)ccc1C21C(=[N+]=N)C(=O)c2ccccc21. The van der Waals surface area contributed by atoms with Gasteiger partial charge in [0.05, 0.1) is 10.3 Å². The number of nitrogens with one attached hydrogen (secondary N) is 1. The molecule has 6 heteroatoms. The van der Waals surface area contributed by atoms with Crippen molar-refractivity contribution in [2.45, 2.75) is 33.1 Å². The van der Waals surface area contributed by atoms with Gasteiger partial charge in [-0.25, -0.2) is 0 Å². The van der Waals surface area contributed by atoms with Gasteiger partial charge in [0, 0.05) is 66.4 Å². The van der Waals surface area contributed by atoms with Crippen LogP contribution < -0.4 is 14.5 Å². The average molecular weight is 468 g/mol. The summed E-state index contributed by atoms with van der Waals surface area (Å²) in [7, 11) is 0. The van der Waals surface area contributed by atoms with Gasteiger partial charge in [0.1, 0.15) is 11.5 Å². The molecule has 0 unspecified atom stereocenters. The minimum atomic E-state index is -0.984. The summed E-state index contributed by atoms with van der Waals surface area (Å²) < 4.78 is 6.59. The Balaban J connectivity index is 1.85. The molecule has 3 aromatic carbocycles. The number of hydrogen-bond donors (Lipinski definition) is 1. The number of rotatable bonds is 6. The molecule has 1 heterocycles. The second kappa shape index (κ2) is 8.71. The molecule has 35 heavy (non-hydrogen) atoms. The summed E-state index contributed by atoms with van der Waals surface area (Å²) in [6.45, 7) is 12.0. The first-order valence-electron chi connectivity index (χ1n) is 12.4. The smallest absolute Gasteiger partial charge is 0.408 e. The maximum Gasteiger partial charge on any atom is 0.408 e. The largest absolute Gasteiger partial charge is 0.457 e. The Morgan fingerprint density at radius 2 is 1.29 bits per heavy atom. The van der Waals surface area contributed by atoms with Gasteiger partial charge in [0.2, 0.25) is 0 Å². The minimum absolute atomic E-state index is 0.199. The van der Waals surface area contributed by atoms with Crippen LogP contribution in [0.1, 0.15) is 54.7 Å². The summed E-state index contributed by atoms with van der Waals surface area (Å²) in [6, 6.07) is 20.0. The molecule has 5 rings (SSSR count). The van der Waals surface area contributed by atoms with Crippen LogP contribution in [0.2, 0.25) is 0 Å². The van der Waals surface area contributed by atoms with E-state index in [1.165, 1.54) is 0 Å². The summed E-state index contributed by atoms with van der Waals surface area (Å²) in [4.78, 5) is 22.0. The number of anilines is 2. The molecule has 1 N–H and O–H groups in total. The number of Topliss-reactive ketones (excluding diaryl/α,β-unsaturated/α-hetero) is 1. The lowest BCUT2D eigenvalue weighted by Crippen LogP contribution is -2.40. The Hall–Kier alpha value is -3.89. The Bertz CT molecular complexity index is 1300. The van der Waals surface area contributed by atoms with Crippen LogP contribution >= 0.6 is 0 Å². The van der Waals surface area contributed by atoms with Crippen molar-refractivity contribution < 1.29 is 14.3 Å². The number of nitrogens with zero attached hydrogens (tertiary/aromatic N) is 3. The van der Waals surface area contributed by atoms with Gasteiger partial charge in [0.15, 0.2) is 5.41 Å². The van der Waals surface area contributed by atoms with Crippen LogP contribution in [0.4, 0.5) is 11.4 Å². The normalized spacial score (nSPS) is 14.6. The predicted molar refractivity (Wildman–Crippen MR) is 139 cm³/mol. The summed E-state index contributed by atoms with van der Waals surface area (Å²) in [6.07, 6.45) is 0. The van der Waals surface area contributed by atoms with Crippen LogP contribution in [0.5, 0.6) is 11.5 Å². The van der Waals surface area contributed by atoms with E-state index >= 15 is 0 Å². The topological polar surface area (TPSA) is 70.7 Å². The molecule has 2 aliphatic rings. The average Bonchev–Trinajstić information content (AvgIpc) is 3.14. The van der Waals surface area contributed by atoms with Gasteiger partial charge in [-0.2, -0.15) is 0 Å². The molecule has 1 aliphatic heterocycles. The second-order valence-corrected chi connectivity index (χ2v) is 8.89. The Morgan fingerprint density at radius 3 is 1.77 bits per heavy atom. The third-order valence-corrected chi connectivity index (χ3v) is 7.47. The fraction of sp³-hybridized carbons (Fsp3) is 0.310. The van der Waals surface area contributed by atoms with E-state index < -0.39 is 5.41 Å². The van der Waals surface area contributed by atoms with Crippen molar-refractivity contribution in [1.82, 2.24) is 0 Å². The van der Waals surface area contributed by atoms with Crippen molar-refractivity contribution in [3.8, 4) is 11.5 Å². The number of ether oxygens (including phenoxy) is 1. The molecule has 0 bridgehead atoms. The highest BCUT2D eigenvalue weighted by Gasteiger charge is 2.63. The molecule has 0 saturated heterocycles. The highest BCUT2D eigenvalue weighted by molar-refractivity contribution is 6.52. The molecular weight excluding hydrogens is 436 g/mol. The Kier molecular flexibility index (Phi) is 5.70. The zero-order valence-electron chi connectivity index (χ0n) is 20.8. The lowest BCUT2D eigenvalue weighted by atomic mass is 9.67. The van der Waals surface area contributed by atoms with Crippen LogP contribution in [0, 0.1) is 5.53 Å². The van der Waals surface area contributed by atoms with E-state index in [-0.39, 0.29) is 11.5 Å². The number of benzene rings is 3. The number of hydrogen-bond acceptors (Lipinski definition) is 5. The lowest BCUT2D eigenvalue weighted by molar-refractivity contribution is -0.122. The zero-order chi connectivity index (χ0) is 24.7. The van der Waals surface area contributed by atoms with Crippen LogP contribution in [0.25, 0.3) is 0 Å². The monoisotopic (exact) mass is 467 g/mol. The summed E-state index contributed by atoms with van der Waals surface area (Å²) in [5.41, 5.74) is 12.6. The first-order chi connectivity index (χ1) is 17.0. The molecule has 0 aromatic heterocycles.